The minimum Gasteiger partial charge on any atom is -0.399 e. The van der Waals surface area contributed by atoms with Gasteiger partial charge >= 0.3 is 0 Å². The molecule has 0 bridgehead atoms. The largest absolute Gasteiger partial charge is 0.399 e. The molecular weight excluding hydrogens is 212 g/mol. The van der Waals surface area contributed by atoms with E-state index >= 15 is 0 Å². The van der Waals surface area contributed by atoms with Gasteiger partial charge in [-0.2, -0.15) is 0 Å². The Labute approximate surface area is 91.2 Å². The molecule has 78 valence electrons. The second-order valence-electron chi connectivity index (χ2n) is 3.29. The maximum Gasteiger partial charge on any atom is 0.240 e. The van der Waals surface area contributed by atoms with E-state index in [1.165, 1.54) is 11.8 Å². The zero-order valence-electron chi connectivity index (χ0n) is 7.90. The Bertz CT molecular complexity index is 402. The first-order valence-corrected chi connectivity index (χ1v) is 5.39. The van der Waals surface area contributed by atoms with Gasteiger partial charge in [-0.05, 0) is 24.3 Å². The van der Waals surface area contributed by atoms with Crippen LogP contribution in [0.25, 0.3) is 0 Å². The number of rotatable bonds is 2. The van der Waals surface area contributed by atoms with Gasteiger partial charge in [0.25, 0.3) is 0 Å². The van der Waals surface area contributed by atoms with Crippen molar-refractivity contribution in [2.45, 2.75) is 16.6 Å². The van der Waals surface area contributed by atoms with Crippen LogP contribution in [0.15, 0.2) is 29.2 Å². The van der Waals surface area contributed by atoms with Gasteiger partial charge in [-0.1, -0.05) is 0 Å². The number of hydrogen-bond acceptors (Lipinski definition) is 4. The Balaban J connectivity index is 2.06. The number of nitrogens with one attached hydrogen (secondary N) is 1. The van der Waals surface area contributed by atoms with E-state index in [2.05, 4.69) is 5.32 Å². The highest BCUT2D eigenvalue weighted by Gasteiger charge is 2.31. The van der Waals surface area contributed by atoms with Crippen molar-refractivity contribution in [3.63, 3.8) is 0 Å². The number of anilines is 1. The van der Waals surface area contributed by atoms with E-state index in [0.717, 1.165) is 4.90 Å². The van der Waals surface area contributed by atoms with E-state index in [-0.39, 0.29) is 23.5 Å². The normalized spacial score (nSPS) is 20.4. The Hall–Kier alpha value is -1.49. The van der Waals surface area contributed by atoms with Crippen LogP contribution in [0.4, 0.5) is 5.69 Å². The first-order chi connectivity index (χ1) is 7.15. The van der Waals surface area contributed by atoms with E-state index in [4.69, 9.17) is 5.73 Å². The van der Waals surface area contributed by atoms with Gasteiger partial charge in [0.05, 0.1) is 5.25 Å². The Morgan fingerprint density at radius 1 is 1.27 bits per heavy atom. The number of benzene rings is 1. The lowest BCUT2D eigenvalue weighted by atomic mass is 10.3. The van der Waals surface area contributed by atoms with Gasteiger partial charge in [0.1, 0.15) is 0 Å². The zero-order chi connectivity index (χ0) is 10.8. The van der Waals surface area contributed by atoms with Crippen LogP contribution in [0.5, 0.6) is 0 Å². The van der Waals surface area contributed by atoms with Crippen molar-refractivity contribution >= 4 is 29.3 Å². The summed E-state index contributed by atoms with van der Waals surface area (Å²) >= 11 is 1.38. The fraction of sp³-hybridized carbons (Fsp3) is 0.200. The molecule has 1 heterocycles. The third-order valence-corrected chi connectivity index (χ3v) is 3.29. The van der Waals surface area contributed by atoms with Crippen LogP contribution in [-0.2, 0) is 9.59 Å². The average Bonchev–Trinajstić information content (AvgIpc) is 2.49. The molecule has 0 saturated carbocycles. The van der Waals surface area contributed by atoms with Crippen LogP contribution < -0.4 is 11.1 Å². The lowest BCUT2D eigenvalue weighted by Crippen LogP contribution is -2.22. The van der Waals surface area contributed by atoms with Crippen LogP contribution in [0, 0.1) is 0 Å². The van der Waals surface area contributed by atoms with E-state index in [1.54, 1.807) is 12.1 Å². The number of carbonyl (C=O) groups excluding carboxylic acids is 2. The average molecular weight is 222 g/mol. The molecule has 2 rings (SSSR count). The number of nitrogen functional groups attached to an aromatic ring is 1. The standard InChI is InChI=1S/C10H10N2O2S/c11-6-1-3-7(4-2-6)15-8-5-9(13)12-10(8)14/h1-4,8H,5,11H2,(H,12,13,14). The summed E-state index contributed by atoms with van der Waals surface area (Å²) in [6.45, 7) is 0. The third kappa shape index (κ3) is 2.30. The lowest BCUT2D eigenvalue weighted by molar-refractivity contribution is -0.124. The number of nitrogens with two attached hydrogens (primary N) is 1. The molecule has 1 aromatic rings. The molecular formula is C10H10N2O2S. The van der Waals surface area contributed by atoms with Crippen LogP contribution in [0.1, 0.15) is 6.42 Å². The predicted molar refractivity (Wildman–Crippen MR) is 58.3 cm³/mol. The van der Waals surface area contributed by atoms with Crippen LogP contribution >= 0.6 is 11.8 Å². The van der Waals surface area contributed by atoms with Crippen molar-refractivity contribution in [3.05, 3.63) is 24.3 Å². The first kappa shape index (κ1) is 10.0. The van der Waals surface area contributed by atoms with Crippen LogP contribution in [-0.4, -0.2) is 17.1 Å². The summed E-state index contributed by atoms with van der Waals surface area (Å²) in [4.78, 5) is 23.2. The monoisotopic (exact) mass is 222 g/mol. The predicted octanol–water partition coefficient (Wildman–Crippen LogP) is 0.776. The third-order valence-electron chi connectivity index (χ3n) is 2.08. The molecule has 2 amide bonds. The smallest absolute Gasteiger partial charge is 0.240 e. The van der Waals surface area contributed by atoms with Crippen molar-refractivity contribution in [2.75, 3.05) is 5.73 Å². The summed E-state index contributed by atoms with van der Waals surface area (Å²) in [6.07, 6.45) is 0.258. The molecule has 5 heteroatoms. The summed E-state index contributed by atoms with van der Waals surface area (Å²) in [5.74, 6) is -0.408. The summed E-state index contributed by atoms with van der Waals surface area (Å²) in [7, 11) is 0. The van der Waals surface area contributed by atoms with Crippen molar-refractivity contribution in [1.29, 1.82) is 0 Å². The number of hydrogen-bond donors (Lipinski definition) is 2. The minimum absolute atomic E-state index is 0.201. The number of carbonyl (C=O) groups is 2. The quantitative estimate of drug-likeness (QED) is 0.573. The second-order valence-corrected chi connectivity index (χ2v) is 4.57. The van der Waals surface area contributed by atoms with E-state index in [1.807, 2.05) is 12.1 Å². The maximum atomic E-state index is 11.3. The maximum absolute atomic E-state index is 11.3. The minimum atomic E-state index is -0.305. The summed E-state index contributed by atoms with van der Waals surface area (Å²) in [5.41, 5.74) is 6.23. The molecule has 1 unspecified atom stereocenters. The number of thioether (sulfide) groups is 1. The molecule has 1 aliphatic heterocycles. The van der Waals surface area contributed by atoms with Gasteiger partial charge in [0, 0.05) is 17.0 Å². The Morgan fingerprint density at radius 2 is 1.93 bits per heavy atom. The topological polar surface area (TPSA) is 72.2 Å². The van der Waals surface area contributed by atoms with Crippen molar-refractivity contribution in [1.82, 2.24) is 5.32 Å². The van der Waals surface area contributed by atoms with Crippen molar-refractivity contribution < 1.29 is 9.59 Å². The lowest BCUT2D eigenvalue weighted by Gasteiger charge is -2.05. The Morgan fingerprint density at radius 3 is 2.47 bits per heavy atom. The molecule has 1 atom stereocenters. The SMILES string of the molecule is Nc1ccc(SC2CC(=O)NC2=O)cc1. The Kier molecular flexibility index (Phi) is 2.64. The van der Waals surface area contributed by atoms with Gasteiger partial charge < -0.3 is 5.73 Å². The molecule has 1 saturated heterocycles. The second kappa shape index (κ2) is 3.94. The highest BCUT2D eigenvalue weighted by Crippen LogP contribution is 2.28. The summed E-state index contributed by atoms with van der Waals surface area (Å²) < 4.78 is 0. The van der Waals surface area contributed by atoms with E-state index in [0.29, 0.717) is 5.69 Å². The van der Waals surface area contributed by atoms with E-state index < -0.39 is 0 Å². The van der Waals surface area contributed by atoms with Crippen molar-refractivity contribution in [3.8, 4) is 0 Å². The number of imide groups is 1. The number of amides is 2. The fourth-order valence-corrected chi connectivity index (χ4v) is 2.36. The van der Waals surface area contributed by atoms with Gasteiger partial charge in [-0.3, -0.25) is 14.9 Å². The van der Waals surface area contributed by atoms with Crippen LogP contribution in [0.2, 0.25) is 0 Å². The molecule has 1 aliphatic rings. The highest BCUT2D eigenvalue weighted by molar-refractivity contribution is 8.00. The fourth-order valence-electron chi connectivity index (χ4n) is 1.34. The van der Waals surface area contributed by atoms with Gasteiger partial charge in [-0.25, -0.2) is 0 Å². The molecule has 1 aromatic carbocycles. The molecule has 1 fully saturated rings. The summed E-state index contributed by atoms with van der Waals surface area (Å²) in [5, 5.41) is 1.97. The van der Waals surface area contributed by atoms with Gasteiger partial charge in [0.15, 0.2) is 0 Å². The van der Waals surface area contributed by atoms with Crippen LogP contribution in [0.3, 0.4) is 0 Å². The van der Waals surface area contributed by atoms with Gasteiger partial charge in [-0.15, -0.1) is 11.8 Å². The molecule has 0 aliphatic carbocycles. The zero-order valence-corrected chi connectivity index (χ0v) is 8.71. The molecule has 15 heavy (non-hydrogen) atoms. The molecule has 0 radical (unpaired) electrons. The molecule has 3 N–H and O–H groups in total. The van der Waals surface area contributed by atoms with Crippen molar-refractivity contribution in [2.24, 2.45) is 0 Å². The molecule has 4 nitrogen and oxygen atoms in total. The highest BCUT2D eigenvalue weighted by atomic mass is 32.2. The summed E-state index contributed by atoms with van der Waals surface area (Å²) in [6, 6.07) is 7.24. The van der Waals surface area contributed by atoms with E-state index in [9.17, 15) is 9.59 Å². The molecule has 0 aromatic heterocycles. The molecule has 0 spiro atoms. The van der Waals surface area contributed by atoms with Gasteiger partial charge in [0.2, 0.25) is 11.8 Å². The first-order valence-electron chi connectivity index (χ1n) is 4.51.